The molecule has 0 unspecified atom stereocenters. The SMILES string of the molecule is CC1(C)C(=O)CC[C@@]2(C)c3cc(O)c(C(=O)O)cc3CC[C@H]12. The molecule has 0 heterocycles. The molecule has 118 valence electrons. The van der Waals surface area contributed by atoms with E-state index in [2.05, 4.69) is 6.92 Å². The Kier molecular flexibility index (Phi) is 3.13. The van der Waals surface area contributed by atoms with Crippen LogP contribution in [0.3, 0.4) is 0 Å². The van der Waals surface area contributed by atoms with E-state index < -0.39 is 5.97 Å². The lowest BCUT2D eigenvalue weighted by atomic mass is 9.50. The molecule has 0 bridgehead atoms. The smallest absolute Gasteiger partial charge is 0.339 e. The van der Waals surface area contributed by atoms with Gasteiger partial charge in [-0.15, -0.1) is 0 Å². The van der Waals surface area contributed by atoms with Gasteiger partial charge in [-0.2, -0.15) is 0 Å². The molecular formula is C18H22O4. The number of ketones is 1. The maximum Gasteiger partial charge on any atom is 0.339 e. The molecular weight excluding hydrogens is 280 g/mol. The zero-order valence-corrected chi connectivity index (χ0v) is 13.3. The molecule has 1 fully saturated rings. The number of benzene rings is 1. The Balaban J connectivity index is 2.15. The monoisotopic (exact) mass is 302 g/mol. The maximum atomic E-state index is 12.3. The minimum atomic E-state index is -1.10. The van der Waals surface area contributed by atoms with Crippen molar-refractivity contribution in [1.82, 2.24) is 0 Å². The molecule has 1 aromatic rings. The van der Waals surface area contributed by atoms with Gasteiger partial charge < -0.3 is 10.2 Å². The fraction of sp³-hybridized carbons (Fsp3) is 0.556. The Morgan fingerprint density at radius 1 is 1.23 bits per heavy atom. The van der Waals surface area contributed by atoms with Crippen LogP contribution in [0.4, 0.5) is 0 Å². The van der Waals surface area contributed by atoms with Crippen molar-refractivity contribution < 1.29 is 19.8 Å². The number of aromatic carboxylic acids is 1. The molecule has 2 N–H and O–H groups in total. The quantitative estimate of drug-likeness (QED) is 0.834. The summed E-state index contributed by atoms with van der Waals surface area (Å²) in [7, 11) is 0. The predicted octanol–water partition coefficient (Wildman–Crippen LogP) is 3.30. The second-order valence-electron chi connectivity index (χ2n) is 7.49. The minimum absolute atomic E-state index is 0.0352. The summed E-state index contributed by atoms with van der Waals surface area (Å²) in [6.45, 7) is 6.20. The van der Waals surface area contributed by atoms with E-state index >= 15 is 0 Å². The van der Waals surface area contributed by atoms with Crippen LogP contribution >= 0.6 is 0 Å². The third-order valence-corrected chi connectivity index (χ3v) is 6.00. The van der Waals surface area contributed by atoms with Gasteiger partial charge in [0.05, 0.1) is 0 Å². The first-order valence-electron chi connectivity index (χ1n) is 7.81. The number of phenols is 1. The van der Waals surface area contributed by atoms with Crippen molar-refractivity contribution in [2.45, 2.75) is 51.9 Å². The number of carbonyl (C=O) groups is 2. The van der Waals surface area contributed by atoms with Crippen LogP contribution in [0.25, 0.3) is 0 Å². The van der Waals surface area contributed by atoms with Crippen molar-refractivity contribution in [3.8, 4) is 5.75 Å². The number of carboxylic acids is 1. The van der Waals surface area contributed by atoms with E-state index in [-0.39, 0.29) is 28.1 Å². The first kappa shape index (κ1) is 15.1. The second kappa shape index (κ2) is 4.58. The van der Waals surface area contributed by atoms with Crippen LogP contribution in [-0.2, 0) is 16.6 Å². The molecule has 3 rings (SSSR count). The van der Waals surface area contributed by atoms with E-state index in [1.54, 1.807) is 12.1 Å². The number of rotatable bonds is 1. The highest BCUT2D eigenvalue weighted by Gasteiger charge is 2.53. The van der Waals surface area contributed by atoms with Crippen LogP contribution in [0.5, 0.6) is 5.75 Å². The lowest BCUT2D eigenvalue weighted by molar-refractivity contribution is -0.137. The molecule has 2 atom stereocenters. The summed E-state index contributed by atoms with van der Waals surface area (Å²) in [6.07, 6.45) is 2.94. The van der Waals surface area contributed by atoms with E-state index in [1.807, 2.05) is 13.8 Å². The van der Waals surface area contributed by atoms with Crippen molar-refractivity contribution in [1.29, 1.82) is 0 Å². The zero-order chi connectivity index (χ0) is 16.3. The number of hydrogen-bond donors (Lipinski definition) is 2. The summed E-state index contributed by atoms with van der Waals surface area (Å²) in [5.74, 6) is -0.747. The molecule has 4 heteroatoms. The van der Waals surface area contributed by atoms with Gasteiger partial charge in [0.1, 0.15) is 17.1 Å². The summed E-state index contributed by atoms with van der Waals surface area (Å²) in [5, 5.41) is 19.3. The summed E-state index contributed by atoms with van der Waals surface area (Å²) in [6, 6.07) is 3.23. The van der Waals surface area contributed by atoms with E-state index in [0.717, 1.165) is 30.4 Å². The van der Waals surface area contributed by atoms with Gasteiger partial charge in [0.25, 0.3) is 0 Å². The summed E-state index contributed by atoms with van der Waals surface area (Å²) >= 11 is 0. The van der Waals surface area contributed by atoms with Crippen molar-refractivity contribution in [2.75, 3.05) is 0 Å². The number of hydrogen-bond acceptors (Lipinski definition) is 3. The van der Waals surface area contributed by atoms with Crippen LogP contribution < -0.4 is 0 Å². The second-order valence-corrected chi connectivity index (χ2v) is 7.49. The van der Waals surface area contributed by atoms with Crippen LogP contribution in [0.1, 0.15) is 61.5 Å². The molecule has 22 heavy (non-hydrogen) atoms. The van der Waals surface area contributed by atoms with Gasteiger partial charge in [0.2, 0.25) is 0 Å². The number of fused-ring (bicyclic) bond motifs is 3. The molecule has 0 radical (unpaired) electrons. The van der Waals surface area contributed by atoms with Crippen molar-refractivity contribution in [3.05, 3.63) is 28.8 Å². The standard InChI is InChI=1S/C18H22O4/c1-17(2)14-5-4-10-8-11(16(21)22)13(19)9-12(10)18(14,3)7-6-15(17)20/h8-9,14,19H,4-7H2,1-3H3,(H,21,22)/t14-,18+/m1/s1. The van der Waals surface area contributed by atoms with Crippen LogP contribution in [0.2, 0.25) is 0 Å². The Labute approximate surface area is 130 Å². The molecule has 0 aromatic heterocycles. The van der Waals surface area contributed by atoms with Crippen molar-refractivity contribution in [3.63, 3.8) is 0 Å². The number of Topliss-reactive ketones (excluding diaryl/α,β-unsaturated/α-hetero) is 1. The van der Waals surface area contributed by atoms with Gasteiger partial charge >= 0.3 is 5.97 Å². The van der Waals surface area contributed by atoms with Crippen molar-refractivity contribution in [2.24, 2.45) is 11.3 Å². The lowest BCUT2D eigenvalue weighted by Crippen LogP contribution is -2.52. The Hall–Kier alpha value is -1.84. The van der Waals surface area contributed by atoms with Crippen molar-refractivity contribution >= 4 is 11.8 Å². The highest BCUT2D eigenvalue weighted by Crippen LogP contribution is 2.56. The third kappa shape index (κ3) is 1.89. The van der Waals surface area contributed by atoms with Crippen LogP contribution in [0.15, 0.2) is 12.1 Å². The Bertz CT molecular complexity index is 674. The summed E-state index contributed by atoms with van der Waals surface area (Å²) in [4.78, 5) is 23.5. The first-order chi connectivity index (χ1) is 10.2. The zero-order valence-electron chi connectivity index (χ0n) is 13.3. The van der Waals surface area contributed by atoms with Gasteiger partial charge in [0.15, 0.2) is 0 Å². The minimum Gasteiger partial charge on any atom is -0.507 e. The normalized spacial score (nSPS) is 29.6. The van der Waals surface area contributed by atoms with E-state index in [4.69, 9.17) is 0 Å². The van der Waals surface area contributed by atoms with Crippen LogP contribution in [0, 0.1) is 11.3 Å². The fourth-order valence-electron chi connectivity index (χ4n) is 4.70. The maximum absolute atomic E-state index is 12.3. The molecule has 2 aliphatic carbocycles. The number of aromatic hydroxyl groups is 1. The highest BCUT2D eigenvalue weighted by molar-refractivity contribution is 5.91. The Morgan fingerprint density at radius 2 is 1.91 bits per heavy atom. The van der Waals surface area contributed by atoms with E-state index in [1.165, 1.54) is 0 Å². The van der Waals surface area contributed by atoms with Gasteiger partial charge in [-0.1, -0.05) is 20.8 Å². The van der Waals surface area contributed by atoms with Gasteiger partial charge in [0, 0.05) is 11.8 Å². The molecule has 4 nitrogen and oxygen atoms in total. The number of carboxylic acid groups (broad SMARTS) is 1. The van der Waals surface area contributed by atoms with Gasteiger partial charge in [-0.25, -0.2) is 4.79 Å². The van der Waals surface area contributed by atoms with Gasteiger partial charge in [-0.05, 0) is 53.9 Å². The molecule has 0 amide bonds. The fourth-order valence-corrected chi connectivity index (χ4v) is 4.70. The molecule has 1 saturated carbocycles. The molecule has 0 spiro atoms. The lowest BCUT2D eigenvalue weighted by Gasteiger charge is -2.53. The molecule has 2 aliphatic rings. The summed E-state index contributed by atoms with van der Waals surface area (Å²) in [5.41, 5.74) is 1.43. The number of carbonyl (C=O) groups excluding carboxylic acids is 1. The predicted molar refractivity (Wildman–Crippen MR) is 82.3 cm³/mol. The molecule has 0 saturated heterocycles. The third-order valence-electron chi connectivity index (χ3n) is 6.00. The average molecular weight is 302 g/mol. The molecule has 0 aliphatic heterocycles. The van der Waals surface area contributed by atoms with E-state index in [0.29, 0.717) is 12.2 Å². The van der Waals surface area contributed by atoms with E-state index in [9.17, 15) is 19.8 Å². The average Bonchev–Trinajstić information content (AvgIpc) is 2.43. The molecule has 1 aromatic carbocycles. The Morgan fingerprint density at radius 3 is 2.55 bits per heavy atom. The van der Waals surface area contributed by atoms with Crippen LogP contribution in [-0.4, -0.2) is 22.0 Å². The largest absolute Gasteiger partial charge is 0.507 e. The highest BCUT2D eigenvalue weighted by atomic mass is 16.4. The summed E-state index contributed by atoms with van der Waals surface area (Å²) < 4.78 is 0. The topological polar surface area (TPSA) is 74.6 Å². The first-order valence-corrected chi connectivity index (χ1v) is 7.81. The van der Waals surface area contributed by atoms with Gasteiger partial charge in [-0.3, -0.25) is 4.79 Å². The number of aryl methyl sites for hydroxylation is 1.